The highest BCUT2D eigenvalue weighted by Crippen LogP contribution is 2.66. The molecule has 0 radical (unpaired) electrons. The van der Waals surface area contributed by atoms with Crippen molar-refractivity contribution in [3.05, 3.63) is 0 Å². The second kappa shape index (κ2) is 3.82. The Kier molecular flexibility index (Phi) is 2.48. The van der Waals surface area contributed by atoms with Crippen LogP contribution in [-0.4, -0.2) is 34.6 Å². The molecule has 2 bridgehead atoms. The maximum absolute atomic E-state index is 12.5. The minimum absolute atomic E-state index is 0.0919. The van der Waals surface area contributed by atoms with Gasteiger partial charge in [0.1, 0.15) is 11.5 Å². The number of hydrogen-bond donors (Lipinski definition) is 1. The van der Waals surface area contributed by atoms with Gasteiger partial charge < -0.3 is 5.11 Å². The lowest BCUT2D eigenvalue weighted by Gasteiger charge is -2.61. The van der Waals surface area contributed by atoms with Crippen molar-refractivity contribution in [2.24, 2.45) is 23.2 Å². The second-order valence-electron chi connectivity index (χ2n) is 7.55. The van der Waals surface area contributed by atoms with Crippen LogP contribution in [0.5, 0.6) is 0 Å². The Labute approximate surface area is 115 Å². The molecule has 19 heavy (non-hydrogen) atoms. The van der Waals surface area contributed by atoms with Gasteiger partial charge in [-0.05, 0) is 50.4 Å². The van der Waals surface area contributed by atoms with E-state index in [9.17, 15) is 9.90 Å². The lowest BCUT2D eigenvalue weighted by Crippen LogP contribution is -2.68. The van der Waals surface area contributed by atoms with E-state index in [0.717, 1.165) is 58.0 Å². The normalized spacial score (nSPS) is 56.6. The molecule has 0 aromatic rings. The summed E-state index contributed by atoms with van der Waals surface area (Å²) in [5, 5.41) is 11.6. The standard InChI is InChI=1S/C16H25NO2/c1-11-8-12-9-14(18)13-4-2-6-17-7-3-5-15(12,13)16(17,19)10-11/h11-13,19H,2-10H2,1H3/t11-,12-,13+,15-,16-/m0/s1. The molecule has 2 aliphatic carbocycles. The fourth-order valence-electron chi connectivity index (χ4n) is 6.23. The summed E-state index contributed by atoms with van der Waals surface area (Å²) in [6, 6.07) is 0. The first kappa shape index (κ1) is 12.3. The van der Waals surface area contributed by atoms with Crippen LogP contribution in [0.1, 0.15) is 51.9 Å². The molecule has 0 aromatic heterocycles. The predicted molar refractivity (Wildman–Crippen MR) is 72.4 cm³/mol. The molecular weight excluding hydrogens is 238 g/mol. The Bertz CT molecular complexity index is 423. The number of piperidine rings is 1. The molecule has 3 heteroatoms. The molecule has 0 amide bonds. The Balaban J connectivity index is 1.90. The lowest BCUT2D eigenvalue weighted by atomic mass is 9.53. The largest absolute Gasteiger partial charge is 0.375 e. The van der Waals surface area contributed by atoms with E-state index in [2.05, 4.69) is 11.8 Å². The van der Waals surface area contributed by atoms with Crippen LogP contribution in [0.15, 0.2) is 0 Å². The number of rotatable bonds is 0. The van der Waals surface area contributed by atoms with Crippen LogP contribution in [-0.2, 0) is 4.79 Å². The monoisotopic (exact) mass is 263 g/mol. The molecule has 4 aliphatic rings. The molecule has 1 spiro atoms. The van der Waals surface area contributed by atoms with E-state index < -0.39 is 5.72 Å². The summed E-state index contributed by atoms with van der Waals surface area (Å²) < 4.78 is 0. The third-order valence-corrected chi connectivity index (χ3v) is 6.71. The van der Waals surface area contributed by atoms with Gasteiger partial charge in [0.15, 0.2) is 0 Å². The van der Waals surface area contributed by atoms with E-state index in [1.807, 2.05) is 0 Å². The summed E-state index contributed by atoms with van der Waals surface area (Å²) in [5.41, 5.74) is -0.772. The average Bonchev–Trinajstić information content (AvgIpc) is 2.59. The topological polar surface area (TPSA) is 40.5 Å². The van der Waals surface area contributed by atoms with Crippen molar-refractivity contribution < 1.29 is 9.90 Å². The zero-order valence-electron chi connectivity index (χ0n) is 11.9. The third kappa shape index (κ3) is 1.33. The highest BCUT2D eigenvalue weighted by atomic mass is 16.3. The van der Waals surface area contributed by atoms with Crippen molar-refractivity contribution in [2.45, 2.75) is 57.6 Å². The molecule has 2 saturated heterocycles. The average molecular weight is 263 g/mol. The highest BCUT2D eigenvalue weighted by molar-refractivity contribution is 5.85. The molecule has 106 valence electrons. The van der Waals surface area contributed by atoms with Gasteiger partial charge in [0.05, 0.1) is 0 Å². The van der Waals surface area contributed by atoms with E-state index in [4.69, 9.17) is 0 Å². The Morgan fingerprint density at radius 1 is 1.32 bits per heavy atom. The predicted octanol–water partition coefficient (Wildman–Crippen LogP) is 2.19. The summed E-state index contributed by atoms with van der Waals surface area (Å²) in [6.07, 6.45) is 7.12. The number of nitrogens with zero attached hydrogens (tertiary/aromatic N) is 1. The number of aliphatic hydroxyl groups is 1. The fraction of sp³-hybridized carbons (Fsp3) is 0.938. The number of Topliss-reactive ketones (excluding diaryl/α,β-unsaturated/α-hetero) is 1. The number of hydrogen-bond acceptors (Lipinski definition) is 3. The highest BCUT2D eigenvalue weighted by Gasteiger charge is 2.69. The summed E-state index contributed by atoms with van der Waals surface area (Å²) in [4.78, 5) is 14.9. The number of carbonyl (C=O) groups is 1. The summed E-state index contributed by atoms with van der Waals surface area (Å²) in [6.45, 7) is 4.27. The molecule has 4 rings (SSSR count). The van der Waals surface area contributed by atoms with Crippen LogP contribution in [0, 0.1) is 23.2 Å². The van der Waals surface area contributed by atoms with Gasteiger partial charge in [-0.15, -0.1) is 0 Å². The van der Waals surface area contributed by atoms with Gasteiger partial charge in [0.25, 0.3) is 0 Å². The zero-order valence-corrected chi connectivity index (χ0v) is 11.9. The minimum atomic E-state index is -0.680. The van der Waals surface area contributed by atoms with E-state index in [1.165, 1.54) is 0 Å². The molecule has 4 fully saturated rings. The van der Waals surface area contributed by atoms with Gasteiger partial charge in [-0.1, -0.05) is 6.92 Å². The molecule has 0 aromatic carbocycles. The van der Waals surface area contributed by atoms with E-state index in [1.54, 1.807) is 0 Å². The van der Waals surface area contributed by atoms with Crippen LogP contribution < -0.4 is 0 Å². The first-order valence-electron chi connectivity index (χ1n) is 8.08. The molecule has 1 unspecified atom stereocenters. The first-order valence-corrected chi connectivity index (χ1v) is 8.08. The Morgan fingerprint density at radius 3 is 2.95 bits per heavy atom. The Morgan fingerprint density at radius 2 is 2.11 bits per heavy atom. The van der Waals surface area contributed by atoms with Gasteiger partial charge in [0, 0.05) is 30.8 Å². The van der Waals surface area contributed by atoms with Gasteiger partial charge in [-0.3, -0.25) is 9.69 Å². The smallest absolute Gasteiger partial charge is 0.137 e. The van der Waals surface area contributed by atoms with Gasteiger partial charge in [-0.25, -0.2) is 0 Å². The molecule has 2 saturated carbocycles. The SMILES string of the molecule is C[C@H]1C[C@H]2CC(=O)[C@H]3CCCN4CCC[C@]23[C@@]4(O)C1. The first-order chi connectivity index (χ1) is 9.08. The van der Waals surface area contributed by atoms with Crippen molar-refractivity contribution in [1.29, 1.82) is 0 Å². The molecule has 2 heterocycles. The van der Waals surface area contributed by atoms with Crippen LogP contribution in [0.4, 0.5) is 0 Å². The van der Waals surface area contributed by atoms with Gasteiger partial charge in [-0.2, -0.15) is 0 Å². The maximum Gasteiger partial charge on any atom is 0.137 e. The summed E-state index contributed by atoms with van der Waals surface area (Å²) in [5.74, 6) is 1.61. The lowest BCUT2D eigenvalue weighted by molar-refractivity contribution is -0.264. The van der Waals surface area contributed by atoms with Crippen molar-refractivity contribution in [3.8, 4) is 0 Å². The molecule has 3 nitrogen and oxygen atoms in total. The maximum atomic E-state index is 12.5. The van der Waals surface area contributed by atoms with Gasteiger partial charge >= 0.3 is 0 Å². The van der Waals surface area contributed by atoms with Crippen molar-refractivity contribution in [2.75, 3.05) is 13.1 Å². The molecule has 2 aliphatic heterocycles. The fourth-order valence-corrected chi connectivity index (χ4v) is 6.23. The molecule has 6 atom stereocenters. The number of carbonyl (C=O) groups excluding carboxylic acids is 1. The zero-order chi connectivity index (χ0) is 13.3. The quantitative estimate of drug-likeness (QED) is 0.728. The van der Waals surface area contributed by atoms with Gasteiger partial charge in [0.2, 0.25) is 0 Å². The second-order valence-corrected chi connectivity index (χ2v) is 7.55. The summed E-state index contributed by atoms with van der Waals surface area (Å²) in [7, 11) is 0. The van der Waals surface area contributed by atoms with Crippen molar-refractivity contribution in [1.82, 2.24) is 4.90 Å². The van der Waals surface area contributed by atoms with Crippen molar-refractivity contribution >= 4 is 5.78 Å². The van der Waals surface area contributed by atoms with E-state index >= 15 is 0 Å². The summed E-state index contributed by atoms with van der Waals surface area (Å²) >= 11 is 0. The van der Waals surface area contributed by atoms with E-state index in [-0.39, 0.29) is 11.3 Å². The van der Waals surface area contributed by atoms with Crippen LogP contribution >= 0.6 is 0 Å². The Hall–Kier alpha value is -0.410. The van der Waals surface area contributed by atoms with Crippen LogP contribution in [0.25, 0.3) is 0 Å². The van der Waals surface area contributed by atoms with Crippen molar-refractivity contribution in [3.63, 3.8) is 0 Å². The van der Waals surface area contributed by atoms with E-state index in [0.29, 0.717) is 17.6 Å². The number of ketones is 1. The van der Waals surface area contributed by atoms with Crippen LogP contribution in [0.3, 0.4) is 0 Å². The molecule has 1 N–H and O–H groups in total. The van der Waals surface area contributed by atoms with Crippen LogP contribution in [0.2, 0.25) is 0 Å². The molecular formula is C16H25NO2. The third-order valence-electron chi connectivity index (χ3n) is 6.71. The minimum Gasteiger partial charge on any atom is -0.375 e.